The van der Waals surface area contributed by atoms with Gasteiger partial charge in [-0.3, -0.25) is 4.90 Å². The van der Waals surface area contributed by atoms with Crippen LogP contribution in [-0.2, 0) is 6.54 Å². The second-order valence-corrected chi connectivity index (χ2v) is 5.27. The van der Waals surface area contributed by atoms with Gasteiger partial charge < -0.3 is 5.73 Å². The summed E-state index contributed by atoms with van der Waals surface area (Å²) >= 11 is 0. The van der Waals surface area contributed by atoms with Crippen LogP contribution in [0, 0.1) is 23.6 Å². The molecule has 1 aromatic carbocycles. The third-order valence-electron chi connectivity index (χ3n) is 3.67. The van der Waals surface area contributed by atoms with E-state index in [9.17, 15) is 4.39 Å². The normalized spacial score (nSPS) is 17.0. The highest BCUT2D eigenvalue weighted by Crippen LogP contribution is 2.19. The van der Waals surface area contributed by atoms with E-state index in [0.717, 1.165) is 36.7 Å². The third kappa shape index (κ3) is 4.05. The molecule has 2 rings (SSSR count). The lowest BCUT2D eigenvalue weighted by molar-refractivity contribution is 0.185. The summed E-state index contributed by atoms with van der Waals surface area (Å²) in [5.74, 6) is 6.36. The molecular formula is C16H21FN2. The summed E-state index contributed by atoms with van der Waals surface area (Å²) in [7, 11) is 0. The Labute approximate surface area is 114 Å². The Kier molecular flexibility index (Phi) is 4.95. The second kappa shape index (κ2) is 6.70. The van der Waals surface area contributed by atoms with Crippen molar-refractivity contribution in [1.29, 1.82) is 0 Å². The minimum atomic E-state index is -0.239. The van der Waals surface area contributed by atoms with Gasteiger partial charge >= 0.3 is 0 Å². The van der Waals surface area contributed by atoms with E-state index in [0.29, 0.717) is 6.54 Å². The number of halogens is 1. The highest BCUT2D eigenvalue weighted by atomic mass is 19.1. The Balaban J connectivity index is 2.10. The molecule has 1 aliphatic rings. The van der Waals surface area contributed by atoms with Crippen LogP contribution in [0.3, 0.4) is 0 Å². The Morgan fingerprint density at radius 3 is 2.79 bits per heavy atom. The molecule has 1 heterocycles. The van der Waals surface area contributed by atoms with Crippen molar-refractivity contribution in [2.24, 2.45) is 11.7 Å². The summed E-state index contributed by atoms with van der Waals surface area (Å²) in [4.78, 5) is 2.42. The Hall–Kier alpha value is -1.37. The van der Waals surface area contributed by atoms with E-state index in [1.165, 1.54) is 25.0 Å². The van der Waals surface area contributed by atoms with E-state index < -0.39 is 0 Å². The molecule has 1 aliphatic heterocycles. The van der Waals surface area contributed by atoms with Gasteiger partial charge in [0.1, 0.15) is 5.82 Å². The van der Waals surface area contributed by atoms with E-state index in [4.69, 9.17) is 5.73 Å². The molecule has 2 nitrogen and oxygen atoms in total. The number of nitrogens with two attached hydrogens (primary N) is 1. The summed E-state index contributed by atoms with van der Waals surface area (Å²) in [6.07, 6.45) is 2.48. The molecule has 0 spiro atoms. The number of benzene rings is 1. The second-order valence-electron chi connectivity index (χ2n) is 5.27. The number of likely N-dealkylation sites (tertiary alicyclic amines) is 1. The zero-order valence-electron chi connectivity index (χ0n) is 11.5. The van der Waals surface area contributed by atoms with E-state index in [1.54, 1.807) is 0 Å². The Bertz CT molecular complexity index is 479. The van der Waals surface area contributed by atoms with Crippen LogP contribution in [0.2, 0.25) is 0 Å². The van der Waals surface area contributed by atoms with Crippen molar-refractivity contribution in [1.82, 2.24) is 4.90 Å². The first-order chi connectivity index (χ1) is 9.19. The molecule has 0 aromatic heterocycles. The summed E-state index contributed by atoms with van der Waals surface area (Å²) in [5.41, 5.74) is 7.25. The van der Waals surface area contributed by atoms with Gasteiger partial charge in [-0.15, -0.1) is 0 Å². The van der Waals surface area contributed by atoms with Crippen molar-refractivity contribution >= 4 is 0 Å². The van der Waals surface area contributed by atoms with Gasteiger partial charge in [0.2, 0.25) is 0 Å². The van der Waals surface area contributed by atoms with Crippen LogP contribution in [0.1, 0.15) is 30.9 Å². The van der Waals surface area contributed by atoms with Gasteiger partial charge in [0, 0.05) is 12.1 Å². The van der Waals surface area contributed by atoms with Crippen molar-refractivity contribution in [3.8, 4) is 11.8 Å². The smallest absolute Gasteiger partial charge is 0.124 e. The first-order valence-corrected chi connectivity index (χ1v) is 6.88. The van der Waals surface area contributed by atoms with Gasteiger partial charge in [0.05, 0.1) is 6.54 Å². The molecule has 1 saturated heterocycles. The number of rotatable bonds is 2. The van der Waals surface area contributed by atoms with E-state index >= 15 is 0 Å². The molecule has 2 N–H and O–H groups in total. The predicted molar refractivity (Wildman–Crippen MR) is 76.0 cm³/mol. The van der Waals surface area contributed by atoms with E-state index in [2.05, 4.69) is 23.7 Å². The lowest BCUT2D eigenvalue weighted by atomic mass is 9.98. The largest absolute Gasteiger partial charge is 0.320 e. The van der Waals surface area contributed by atoms with Crippen LogP contribution >= 0.6 is 0 Å². The topological polar surface area (TPSA) is 29.3 Å². The Morgan fingerprint density at radius 2 is 2.11 bits per heavy atom. The Morgan fingerprint density at radius 1 is 1.37 bits per heavy atom. The minimum absolute atomic E-state index is 0.239. The average molecular weight is 260 g/mol. The SMILES string of the molecule is CC1CCN(Cc2ccc(F)cc2C#CCN)CC1. The first-order valence-electron chi connectivity index (χ1n) is 6.88. The van der Waals surface area contributed by atoms with Crippen LogP contribution in [0.25, 0.3) is 0 Å². The van der Waals surface area contributed by atoms with Gasteiger partial charge in [-0.2, -0.15) is 0 Å². The van der Waals surface area contributed by atoms with Crippen LogP contribution in [0.4, 0.5) is 4.39 Å². The summed E-state index contributed by atoms with van der Waals surface area (Å²) in [5, 5.41) is 0. The summed E-state index contributed by atoms with van der Waals surface area (Å²) in [6, 6.07) is 4.86. The van der Waals surface area contributed by atoms with Gasteiger partial charge in [0.25, 0.3) is 0 Å². The molecule has 0 unspecified atom stereocenters. The molecule has 0 bridgehead atoms. The molecule has 0 aliphatic carbocycles. The van der Waals surface area contributed by atoms with Gasteiger partial charge in [-0.25, -0.2) is 4.39 Å². The predicted octanol–water partition coefficient (Wildman–Crippen LogP) is 2.37. The number of nitrogens with zero attached hydrogens (tertiary/aromatic N) is 1. The van der Waals surface area contributed by atoms with Crippen LogP contribution in [0.5, 0.6) is 0 Å². The maximum absolute atomic E-state index is 13.3. The molecule has 0 radical (unpaired) electrons. The molecule has 0 amide bonds. The fourth-order valence-electron chi connectivity index (χ4n) is 2.41. The monoisotopic (exact) mass is 260 g/mol. The summed E-state index contributed by atoms with van der Waals surface area (Å²) < 4.78 is 13.3. The molecule has 3 heteroatoms. The van der Waals surface area contributed by atoms with E-state index in [1.807, 2.05) is 6.07 Å². The quantitative estimate of drug-likeness (QED) is 0.827. The van der Waals surface area contributed by atoms with E-state index in [-0.39, 0.29) is 5.82 Å². The van der Waals surface area contributed by atoms with Crippen LogP contribution in [0.15, 0.2) is 18.2 Å². The number of hydrogen-bond donors (Lipinski definition) is 1. The fraction of sp³-hybridized carbons (Fsp3) is 0.500. The average Bonchev–Trinajstić information content (AvgIpc) is 2.41. The van der Waals surface area contributed by atoms with Gasteiger partial charge in [0.15, 0.2) is 0 Å². The maximum Gasteiger partial charge on any atom is 0.124 e. The zero-order chi connectivity index (χ0) is 13.7. The van der Waals surface area contributed by atoms with Crippen molar-refractivity contribution < 1.29 is 4.39 Å². The highest BCUT2D eigenvalue weighted by molar-refractivity contribution is 5.41. The third-order valence-corrected chi connectivity index (χ3v) is 3.67. The molecule has 1 fully saturated rings. The molecule has 0 atom stereocenters. The highest BCUT2D eigenvalue weighted by Gasteiger charge is 2.16. The molecule has 0 saturated carbocycles. The maximum atomic E-state index is 13.3. The summed E-state index contributed by atoms with van der Waals surface area (Å²) in [6.45, 7) is 5.68. The lowest BCUT2D eigenvalue weighted by Crippen LogP contribution is -2.32. The van der Waals surface area contributed by atoms with Crippen LogP contribution in [-0.4, -0.2) is 24.5 Å². The zero-order valence-corrected chi connectivity index (χ0v) is 11.5. The molecular weight excluding hydrogens is 239 g/mol. The standard InChI is InChI=1S/C16H21FN2/c1-13-6-9-19(10-7-13)12-15-4-5-16(17)11-14(15)3-2-8-18/h4-5,11,13H,6-10,12,18H2,1H3. The van der Waals surface area contributed by atoms with Gasteiger partial charge in [-0.1, -0.05) is 24.8 Å². The van der Waals surface area contributed by atoms with Crippen molar-refractivity contribution in [3.05, 3.63) is 35.1 Å². The molecule has 1 aromatic rings. The molecule has 19 heavy (non-hydrogen) atoms. The van der Waals surface area contributed by atoms with Crippen molar-refractivity contribution in [3.63, 3.8) is 0 Å². The van der Waals surface area contributed by atoms with Crippen molar-refractivity contribution in [2.45, 2.75) is 26.3 Å². The molecule has 102 valence electrons. The lowest BCUT2D eigenvalue weighted by Gasteiger charge is -2.30. The van der Waals surface area contributed by atoms with Crippen LogP contribution < -0.4 is 5.73 Å². The first kappa shape index (κ1) is 14.0. The fourth-order valence-corrected chi connectivity index (χ4v) is 2.41. The minimum Gasteiger partial charge on any atom is -0.320 e. The van der Waals surface area contributed by atoms with Gasteiger partial charge in [-0.05, 0) is 49.5 Å². The number of hydrogen-bond acceptors (Lipinski definition) is 2. The van der Waals surface area contributed by atoms with Crippen molar-refractivity contribution in [2.75, 3.05) is 19.6 Å². The number of piperidine rings is 1.